The van der Waals surface area contributed by atoms with Gasteiger partial charge in [0.25, 0.3) is 5.91 Å². The first-order valence-electron chi connectivity index (χ1n) is 10.1. The lowest BCUT2D eigenvalue weighted by molar-refractivity contribution is -0.148. The van der Waals surface area contributed by atoms with Gasteiger partial charge in [0.2, 0.25) is 5.91 Å². The molecule has 1 aromatic heterocycles. The Morgan fingerprint density at radius 2 is 1.96 bits per heavy atom. The van der Waals surface area contributed by atoms with Gasteiger partial charge in [0, 0.05) is 51.6 Å². The van der Waals surface area contributed by atoms with E-state index in [1.54, 1.807) is 12.4 Å². The van der Waals surface area contributed by atoms with Crippen molar-refractivity contribution in [3.8, 4) is 0 Å². The van der Waals surface area contributed by atoms with E-state index in [0.717, 1.165) is 50.9 Å². The van der Waals surface area contributed by atoms with Crippen LogP contribution < -0.4 is 0 Å². The summed E-state index contributed by atoms with van der Waals surface area (Å²) in [6, 6.07) is 3.93. The number of pyridine rings is 1. The third kappa shape index (κ3) is 4.86. The van der Waals surface area contributed by atoms with Gasteiger partial charge in [-0.05, 0) is 55.7 Å². The highest BCUT2D eigenvalue weighted by atomic mass is 16.5. The number of aromatic nitrogens is 1. The van der Waals surface area contributed by atoms with Crippen LogP contribution >= 0.6 is 0 Å². The first-order valence-corrected chi connectivity index (χ1v) is 10.1. The van der Waals surface area contributed by atoms with Gasteiger partial charge in [-0.25, -0.2) is 0 Å². The molecule has 3 rings (SSSR count). The summed E-state index contributed by atoms with van der Waals surface area (Å²) in [6.07, 6.45) is 7.55. The van der Waals surface area contributed by atoms with Gasteiger partial charge in [-0.3, -0.25) is 14.6 Å². The Hall–Kier alpha value is -1.95. The van der Waals surface area contributed by atoms with Crippen LogP contribution in [0.4, 0.5) is 0 Å². The largest absolute Gasteiger partial charge is 0.369 e. The summed E-state index contributed by atoms with van der Waals surface area (Å²) in [5, 5.41) is 0. The summed E-state index contributed by atoms with van der Waals surface area (Å²) in [5.41, 5.74) is 1.26. The monoisotopic (exact) mass is 373 g/mol. The Bertz CT molecular complexity index is 641. The Labute approximate surface area is 161 Å². The number of nitrogens with zero attached hydrogens (tertiary/aromatic N) is 3. The van der Waals surface area contributed by atoms with Crippen LogP contribution in [0.1, 0.15) is 51.5 Å². The molecule has 6 nitrogen and oxygen atoms in total. The highest BCUT2D eigenvalue weighted by Crippen LogP contribution is 2.40. The van der Waals surface area contributed by atoms with Crippen molar-refractivity contribution in [1.82, 2.24) is 14.8 Å². The third-order valence-electron chi connectivity index (χ3n) is 5.93. The summed E-state index contributed by atoms with van der Waals surface area (Å²) < 4.78 is 5.59. The van der Waals surface area contributed by atoms with Gasteiger partial charge < -0.3 is 14.5 Å². The van der Waals surface area contributed by atoms with Crippen molar-refractivity contribution < 1.29 is 14.3 Å². The molecule has 0 unspecified atom stereocenters. The second-order valence-corrected chi connectivity index (χ2v) is 7.94. The van der Waals surface area contributed by atoms with E-state index in [1.807, 2.05) is 35.8 Å². The predicted octanol–water partition coefficient (Wildman–Crippen LogP) is 2.63. The van der Waals surface area contributed by atoms with Crippen molar-refractivity contribution >= 4 is 11.8 Å². The lowest BCUT2D eigenvalue weighted by atomic mass is 9.72. The molecule has 0 aromatic carbocycles. The van der Waals surface area contributed by atoms with Crippen molar-refractivity contribution in [1.29, 1.82) is 0 Å². The van der Waals surface area contributed by atoms with Gasteiger partial charge in [-0.15, -0.1) is 0 Å². The van der Waals surface area contributed by atoms with Crippen LogP contribution in [0.15, 0.2) is 24.5 Å². The molecule has 6 heteroatoms. The van der Waals surface area contributed by atoms with Crippen molar-refractivity contribution in [3.05, 3.63) is 30.1 Å². The maximum Gasteiger partial charge on any atom is 0.251 e. The first kappa shape index (κ1) is 19.8. The Balaban J connectivity index is 1.56. The Morgan fingerprint density at radius 1 is 1.26 bits per heavy atom. The highest BCUT2D eigenvalue weighted by molar-refractivity contribution is 5.80. The van der Waals surface area contributed by atoms with Gasteiger partial charge in [-0.1, -0.05) is 6.92 Å². The van der Waals surface area contributed by atoms with Gasteiger partial charge >= 0.3 is 0 Å². The zero-order valence-electron chi connectivity index (χ0n) is 16.5. The smallest absolute Gasteiger partial charge is 0.251 e. The topological polar surface area (TPSA) is 62.7 Å². The minimum absolute atomic E-state index is 0.0961. The molecule has 1 spiro atoms. The van der Waals surface area contributed by atoms with Gasteiger partial charge in [0.05, 0.1) is 0 Å². The second-order valence-electron chi connectivity index (χ2n) is 7.94. The van der Waals surface area contributed by atoms with E-state index in [0.29, 0.717) is 19.6 Å². The van der Waals surface area contributed by atoms with Crippen LogP contribution in [0.5, 0.6) is 0 Å². The zero-order valence-corrected chi connectivity index (χ0v) is 16.5. The molecule has 2 aliphatic heterocycles. The number of hydrogen-bond donors (Lipinski definition) is 0. The molecule has 1 aromatic rings. The summed E-state index contributed by atoms with van der Waals surface area (Å²) >= 11 is 0. The minimum atomic E-state index is -0.366. The zero-order chi connectivity index (χ0) is 19.3. The molecule has 0 radical (unpaired) electrons. The summed E-state index contributed by atoms with van der Waals surface area (Å²) in [5.74, 6) is 0.330. The van der Waals surface area contributed by atoms with E-state index in [2.05, 4.69) is 4.98 Å². The number of carbonyl (C=O) groups excluding carboxylic acids is 2. The van der Waals surface area contributed by atoms with Crippen molar-refractivity contribution in [3.63, 3.8) is 0 Å². The molecule has 2 aliphatic rings. The fraction of sp³-hybridized carbons (Fsp3) is 0.667. The molecular weight excluding hydrogens is 342 g/mol. The summed E-state index contributed by atoms with van der Waals surface area (Å²) in [4.78, 5) is 33.0. The number of hydrogen-bond acceptors (Lipinski definition) is 4. The van der Waals surface area contributed by atoms with E-state index in [-0.39, 0.29) is 23.3 Å². The molecule has 2 amide bonds. The predicted molar refractivity (Wildman–Crippen MR) is 103 cm³/mol. The van der Waals surface area contributed by atoms with Crippen molar-refractivity contribution in [2.45, 2.75) is 58.6 Å². The normalized spacial score (nSPS) is 20.7. The summed E-state index contributed by atoms with van der Waals surface area (Å²) in [6.45, 7) is 7.47. The van der Waals surface area contributed by atoms with Crippen LogP contribution in [-0.2, 0) is 20.9 Å². The molecule has 148 valence electrons. The lowest BCUT2D eigenvalue weighted by Crippen LogP contribution is -2.53. The first-order chi connectivity index (χ1) is 13.0. The molecule has 2 fully saturated rings. The van der Waals surface area contributed by atoms with Gasteiger partial charge in [0.15, 0.2) is 0 Å². The van der Waals surface area contributed by atoms with E-state index < -0.39 is 0 Å². The highest BCUT2D eigenvalue weighted by Gasteiger charge is 2.42. The molecule has 0 N–H and O–H groups in total. The van der Waals surface area contributed by atoms with Crippen LogP contribution in [0.25, 0.3) is 0 Å². The number of carbonyl (C=O) groups is 2. The number of amides is 2. The number of ether oxygens (including phenoxy) is 1. The number of likely N-dealkylation sites (tertiary alicyclic amines) is 2. The average molecular weight is 373 g/mol. The fourth-order valence-electron chi connectivity index (χ4n) is 4.19. The van der Waals surface area contributed by atoms with E-state index in [9.17, 15) is 9.59 Å². The fourth-order valence-corrected chi connectivity index (χ4v) is 4.19. The quantitative estimate of drug-likeness (QED) is 0.769. The molecule has 2 saturated heterocycles. The SMILES string of the molecule is CCCO[C@@H](C)C(=O)N1CCC2(CCC(=O)N(Cc3ccncc3)C2)CC1. The number of piperidine rings is 2. The molecule has 0 bridgehead atoms. The molecule has 0 saturated carbocycles. The van der Waals surface area contributed by atoms with Crippen molar-refractivity contribution in [2.75, 3.05) is 26.2 Å². The molecular formula is C21H31N3O3. The van der Waals surface area contributed by atoms with E-state index in [4.69, 9.17) is 4.74 Å². The number of rotatable bonds is 6. The molecule has 1 atom stereocenters. The average Bonchev–Trinajstić information content (AvgIpc) is 2.70. The van der Waals surface area contributed by atoms with Crippen LogP contribution in [-0.4, -0.2) is 58.9 Å². The van der Waals surface area contributed by atoms with Crippen LogP contribution in [0, 0.1) is 5.41 Å². The van der Waals surface area contributed by atoms with Crippen LogP contribution in [0.2, 0.25) is 0 Å². The summed E-state index contributed by atoms with van der Waals surface area (Å²) in [7, 11) is 0. The molecule has 0 aliphatic carbocycles. The molecule has 27 heavy (non-hydrogen) atoms. The van der Waals surface area contributed by atoms with E-state index in [1.165, 1.54) is 0 Å². The van der Waals surface area contributed by atoms with E-state index >= 15 is 0 Å². The standard InChI is InChI=1S/C21H31N3O3/c1-3-14-27-17(2)20(26)23-12-8-21(9-13-23)7-4-19(25)24(16-21)15-18-5-10-22-11-6-18/h5-6,10-11,17H,3-4,7-9,12-16H2,1-2H3/t17-/m0/s1. The van der Waals surface area contributed by atoms with Crippen molar-refractivity contribution in [2.24, 2.45) is 5.41 Å². The molecule has 3 heterocycles. The van der Waals surface area contributed by atoms with Gasteiger partial charge in [0.1, 0.15) is 6.10 Å². The Morgan fingerprint density at radius 3 is 2.63 bits per heavy atom. The third-order valence-corrected chi connectivity index (χ3v) is 5.93. The van der Waals surface area contributed by atoms with Gasteiger partial charge in [-0.2, -0.15) is 0 Å². The Kier molecular flexibility index (Phi) is 6.47. The lowest BCUT2D eigenvalue weighted by Gasteiger charge is -2.47. The maximum atomic E-state index is 12.6. The second kappa shape index (κ2) is 8.83. The maximum absolute atomic E-state index is 12.6. The van der Waals surface area contributed by atoms with Crippen LogP contribution in [0.3, 0.4) is 0 Å². The minimum Gasteiger partial charge on any atom is -0.369 e.